The number of nitrogens with one attached hydrogen (secondary N) is 1. The number of ether oxygens (including phenoxy) is 1. The van der Waals surface area contributed by atoms with Crippen LogP contribution in [0.4, 0.5) is 4.39 Å². The number of halogens is 2. The van der Waals surface area contributed by atoms with Gasteiger partial charge in [0.2, 0.25) is 10.0 Å². The fraction of sp³-hybridized carbons (Fsp3) is 0.167. The smallest absolute Gasteiger partial charge is 0.255 e. The molecule has 11 heteroatoms. The quantitative estimate of drug-likeness (QED) is 0.330. The molecule has 2 N–H and O–H groups in total. The molecule has 0 spiro atoms. The number of aromatic hydroxyl groups is 1. The van der Waals surface area contributed by atoms with Crippen molar-refractivity contribution in [2.45, 2.75) is 18.4 Å². The first-order valence-electron chi connectivity index (χ1n) is 10.3. The lowest BCUT2D eigenvalue weighted by Crippen LogP contribution is -2.39. The van der Waals surface area contributed by atoms with E-state index < -0.39 is 34.8 Å². The number of hydrazone groups is 1. The number of hydrogen-bond acceptors (Lipinski definition) is 6. The van der Waals surface area contributed by atoms with E-state index in [-0.39, 0.29) is 32.5 Å². The van der Waals surface area contributed by atoms with Crippen LogP contribution in [-0.4, -0.2) is 43.6 Å². The molecule has 3 aromatic rings. The minimum Gasteiger partial charge on any atom is -0.504 e. The highest BCUT2D eigenvalue weighted by molar-refractivity contribution is 7.89. The van der Waals surface area contributed by atoms with Gasteiger partial charge in [-0.2, -0.15) is 9.41 Å². The molecule has 0 saturated heterocycles. The molecule has 35 heavy (non-hydrogen) atoms. The summed E-state index contributed by atoms with van der Waals surface area (Å²) in [6.07, 6.45) is 1.18. The van der Waals surface area contributed by atoms with Crippen molar-refractivity contribution in [3.63, 3.8) is 0 Å². The van der Waals surface area contributed by atoms with Crippen molar-refractivity contribution in [2.24, 2.45) is 5.10 Å². The number of methoxy groups -OCH3 is 1. The molecular formula is C24H23ClFN3O5S. The minimum absolute atomic E-state index is 0.0287. The molecule has 1 amide bonds. The van der Waals surface area contributed by atoms with Crippen LogP contribution in [0.25, 0.3) is 0 Å². The summed E-state index contributed by atoms with van der Waals surface area (Å²) in [6, 6.07) is 14.7. The molecule has 0 atom stereocenters. The minimum atomic E-state index is -4.20. The van der Waals surface area contributed by atoms with Gasteiger partial charge in [0.25, 0.3) is 5.91 Å². The number of amides is 1. The fourth-order valence-corrected chi connectivity index (χ4v) is 4.71. The molecule has 0 heterocycles. The molecule has 0 unspecified atom stereocenters. The number of phenols is 1. The van der Waals surface area contributed by atoms with Crippen LogP contribution in [0, 0.1) is 12.7 Å². The monoisotopic (exact) mass is 519 g/mol. The Morgan fingerprint density at radius 3 is 2.51 bits per heavy atom. The van der Waals surface area contributed by atoms with E-state index in [1.165, 1.54) is 37.6 Å². The van der Waals surface area contributed by atoms with Crippen molar-refractivity contribution in [3.8, 4) is 11.5 Å². The number of rotatable bonds is 9. The summed E-state index contributed by atoms with van der Waals surface area (Å²) in [5.74, 6) is -1.44. The Kier molecular flexibility index (Phi) is 8.44. The molecule has 0 aliphatic rings. The van der Waals surface area contributed by atoms with Crippen molar-refractivity contribution >= 4 is 33.7 Å². The number of sulfonamides is 1. The fourth-order valence-electron chi connectivity index (χ4n) is 3.12. The van der Waals surface area contributed by atoms with Gasteiger partial charge in [0.15, 0.2) is 11.5 Å². The molecule has 0 saturated carbocycles. The summed E-state index contributed by atoms with van der Waals surface area (Å²) < 4.78 is 46.9. The Bertz CT molecular complexity index is 1330. The Hall–Kier alpha value is -3.47. The molecule has 0 aromatic heterocycles. The third kappa shape index (κ3) is 6.36. The summed E-state index contributed by atoms with van der Waals surface area (Å²) in [5.41, 5.74) is 3.27. The Labute approximate surface area is 207 Å². The van der Waals surface area contributed by atoms with Crippen LogP contribution in [0.15, 0.2) is 70.7 Å². The van der Waals surface area contributed by atoms with Crippen molar-refractivity contribution in [3.05, 3.63) is 88.2 Å². The van der Waals surface area contributed by atoms with Crippen LogP contribution < -0.4 is 10.2 Å². The van der Waals surface area contributed by atoms with E-state index in [1.807, 2.05) is 0 Å². The van der Waals surface area contributed by atoms with E-state index in [1.54, 1.807) is 37.3 Å². The largest absolute Gasteiger partial charge is 0.504 e. The first kappa shape index (κ1) is 26.1. The van der Waals surface area contributed by atoms with Gasteiger partial charge in [-0.1, -0.05) is 41.4 Å². The summed E-state index contributed by atoms with van der Waals surface area (Å²) in [4.78, 5) is 12.5. The molecule has 3 rings (SSSR count). The van der Waals surface area contributed by atoms with Gasteiger partial charge in [-0.25, -0.2) is 18.2 Å². The average Bonchev–Trinajstić information content (AvgIpc) is 2.82. The number of phenolic OH excluding ortho intramolecular Hbond substituents is 1. The van der Waals surface area contributed by atoms with Gasteiger partial charge in [0.05, 0.1) is 24.8 Å². The third-order valence-corrected chi connectivity index (χ3v) is 7.18. The molecule has 0 radical (unpaired) electrons. The maximum absolute atomic E-state index is 14.4. The van der Waals surface area contributed by atoms with Crippen LogP contribution in [0.1, 0.15) is 16.7 Å². The van der Waals surface area contributed by atoms with Gasteiger partial charge in [-0.3, -0.25) is 4.79 Å². The first-order valence-corrected chi connectivity index (χ1v) is 12.1. The van der Waals surface area contributed by atoms with Crippen LogP contribution in [0.5, 0.6) is 11.5 Å². The van der Waals surface area contributed by atoms with Gasteiger partial charge in [0, 0.05) is 22.7 Å². The first-order chi connectivity index (χ1) is 16.6. The van der Waals surface area contributed by atoms with Crippen LogP contribution in [0.3, 0.4) is 0 Å². The van der Waals surface area contributed by atoms with E-state index >= 15 is 0 Å². The summed E-state index contributed by atoms with van der Waals surface area (Å²) in [7, 11) is -2.81. The topological polar surface area (TPSA) is 108 Å². The second-order valence-corrected chi connectivity index (χ2v) is 9.82. The molecule has 0 aliphatic carbocycles. The zero-order valence-electron chi connectivity index (χ0n) is 18.9. The SMILES string of the molecule is COc1cccc(/C=N\NC(=O)CN(Cc2c(F)cccc2Cl)S(=O)(=O)c2ccc(C)cc2)c1O. The molecule has 184 valence electrons. The predicted octanol–water partition coefficient (Wildman–Crippen LogP) is 3.84. The highest BCUT2D eigenvalue weighted by atomic mass is 35.5. The van der Waals surface area contributed by atoms with Gasteiger partial charge >= 0.3 is 0 Å². The number of hydrogen-bond donors (Lipinski definition) is 2. The van der Waals surface area contributed by atoms with Gasteiger partial charge in [0.1, 0.15) is 5.82 Å². The van der Waals surface area contributed by atoms with E-state index in [9.17, 15) is 22.7 Å². The Morgan fingerprint density at radius 2 is 1.86 bits per heavy atom. The molecular weight excluding hydrogens is 497 g/mol. The van der Waals surface area contributed by atoms with Crippen molar-refractivity contribution in [2.75, 3.05) is 13.7 Å². The number of aryl methyl sites for hydroxylation is 1. The van der Waals surface area contributed by atoms with E-state index in [0.717, 1.165) is 15.9 Å². The molecule has 0 aliphatic heterocycles. The van der Waals surface area contributed by atoms with Crippen LogP contribution >= 0.6 is 11.6 Å². The summed E-state index contributed by atoms with van der Waals surface area (Å²) in [6.45, 7) is 0.663. The van der Waals surface area contributed by atoms with E-state index in [2.05, 4.69) is 10.5 Å². The Balaban J connectivity index is 1.85. The Morgan fingerprint density at radius 1 is 1.17 bits per heavy atom. The highest BCUT2D eigenvalue weighted by Gasteiger charge is 2.28. The zero-order chi connectivity index (χ0) is 25.6. The number of nitrogens with zero attached hydrogens (tertiary/aromatic N) is 2. The number of carbonyl (C=O) groups excluding carboxylic acids is 1. The van der Waals surface area contributed by atoms with Crippen molar-refractivity contribution in [1.82, 2.24) is 9.73 Å². The van der Waals surface area contributed by atoms with E-state index in [4.69, 9.17) is 16.3 Å². The third-order valence-electron chi connectivity index (χ3n) is 5.02. The number of carbonyl (C=O) groups is 1. The zero-order valence-corrected chi connectivity index (χ0v) is 20.5. The highest BCUT2D eigenvalue weighted by Crippen LogP contribution is 2.28. The lowest BCUT2D eigenvalue weighted by Gasteiger charge is -2.22. The number of benzene rings is 3. The lowest BCUT2D eigenvalue weighted by molar-refractivity contribution is -0.121. The second kappa shape index (κ2) is 11.3. The summed E-state index contributed by atoms with van der Waals surface area (Å²) >= 11 is 6.10. The maximum Gasteiger partial charge on any atom is 0.255 e. The molecule has 8 nitrogen and oxygen atoms in total. The van der Waals surface area contributed by atoms with Crippen LogP contribution in [-0.2, 0) is 21.4 Å². The van der Waals surface area contributed by atoms with Crippen LogP contribution in [0.2, 0.25) is 5.02 Å². The number of para-hydroxylation sites is 1. The molecule has 0 bridgehead atoms. The lowest BCUT2D eigenvalue weighted by atomic mass is 10.2. The standard InChI is InChI=1S/C24H23ClFN3O5S/c1-16-9-11-18(12-10-16)35(32,33)29(14-19-20(25)6-4-7-21(19)26)15-23(30)28-27-13-17-5-3-8-22(34-2)24(17)31/h3-13,31H,14-15H2,1-2H3,(H,28,30)/b27-13-. The summed E-state index contributed by atoms with van der Waals surface area (Å²) in [5, 5.41) is 13.9. The molecule has 3 aromatic carbocycles. The normalized spacial score (nSPS) is 11.7. The van der Waals surface area contributed by atoms with E-state index in [0.29, 0.717) is 0 Å². The maximum atomic E-state index is 14.4. The van der Waals surface area contributed by atoms with Crippen molar-refractivity contribution in [1.29, 1.82) is 0 Å². The predicted molar refractivity (Wildman–Crippen MR) is 131 cm³/mol. The average molecular weight is 520 g/mol. The van der Waals surface area contributed by atoms with Gasteiger partial charge in [-0.15, -0.1) is 0 Å². The van der Waals surface area contributed by atoms with Crippen molar-refractivity contribution < 1.29 is 27.4 Å². The second-order valence-electron chi connectivity index (χ2n) is 7.48. The van der Waals surface area contributed by atoms with Gasteiger partial charge < -0.3 is 9.84 Å². The van der Waals surface area contributed by atoms with Gasteiger partial charge in [-0.05, 0) is 43.3 Å². The molecule has 0 fully saturated rings.